The van der Waals surface area contributed by atoms with Crippen molar-refractivity contribution in [1.82, 2.24) is 0 Å². The number of para-hydroxylation sites is 1. The molecule has 1 heteroatoms. The summed E-state index contributed by atoms with van der Waals surface area (Å²) in [7, 11) is 0. The summed E-state index contributed by atoms with van der Waals surface area (Å²) in [5.74, 6) is 0. The minimum absolute atomic E-state index is 0.782. The van der Waals surface area contributed by atoms with E-state index in [0.29, 0.717) is 0 Å². The molecule has 1 aromatic rings. The lowest BCUT2D eigenvalue weighted by Crippen LogP contribution is -1.76. The molecule has 10 heavy (non-hydrogen) atoms. The molecule has 1 nitrogen and oxygen atoms in total. The first-order valence-corrected chi connectivity index (χ1v) is 3.34. The van der Waals surface area contributed by atoms with E-state index in [-0.39, 0.29) is 0 Å². The van der Waals surface area contributed by atoms with E-state index < -0.39 is 0 Å². The maximum atomic E-state index is 6.81. The average Bonchev–Trinajstić information content (AvgIpc) is 2.04. The van der Waals surface area contributed by atoms with Gasteiger partial charge in [-0.1, -0.05) is 31.2 Å². The molecule has 50 valence electrons. The van der Waals surface area contributed by atoms with Crippen LogP contribution in [0, 0.1) is 6.57 Å². The Balaban J connectivity index is 3.12. The zero-order chi connectivity index (χ0) is 7.40. The van der Waals surface area contributed by atoms with Crippen molar-refractivity contribution in [3.05, 3.63) is 41.2 Å². The molecular weight excluding hydrogens is 122 g/mol. The van der Waals surface area contributed by atoms with Crippen LogP contribution in [0.1, 0.15) is 12.5 Å². The Morgan fingerprint density at radius 2 is 2.10 bits per heavy atom. The molecule has 0 unspecified atom stereocenters. The van der Waals surface area contributed by atoms with Gasteiger partial charge in [-0.15, -0.1) is 0 Å². The van der Waals surface area contributed by atoms with Crippen molar-refractivity contribution < 1.29 is 0 Å². The first-order chi connectivity index (χ1) is 4.88. The third-order valence-electron chi connectivity index (χ3n) is 1.49. The largest absolute Gasteiger partial charge is 0.238 e. The molecule has 0 N–H and O–H groups in total. The van der Waals surface area contributed by atoms with Crippen molar-refractivity contribution in [2.24, 2.45) is 0 Å². The summed E-state index contributed by atoms with van der Waals surface area (Å²) in [6.07, 6.45) is 0.943. The van der Waals surface area contributed by atoms with Crippen molar-refractivity contribution in [3.8, 4) is 0 Å². The molecule has 0 amide bonds. The van der Waals surface area contributed by atoms with Crippen LogP contribution in [0.4, 0.5) is 5.69 Å². The van der Waals surface area contributed by atoms with E-state index in [1.165, 1.54) is 0 Å². The van der Waals surface area contributed by atoms with Gasteiger partial charge >= 0.3 is 0 Å². The lowest BCUT2D eigenvalue weighted by molar-refractivity contribution is 1.15. The highest BCUT2D eigenvalue weighted by atomic mass is 14.6. The monoisotopic (exact) mass is 131 g/mol. The zero-order valence-electron chi connectivity index (χ0n) is 5.96. The van der Waals surface area contributed by atoms with Gasteiger partial charge in [-0.2, -0.15) is 0 Å². The van der Waals surface area contributed by atoms with E-state index in [2.05, 4.69) is 11.8 Å². The first kappa shape index (κ1) is 6.82. The van der Waals surface area contributed by atoms with Crippen molar-refractivity contribution in [2.75, 3.05) is 0 Å². The standard InChI is InChI=1S/C9H9N/c1-3-8-6-4-5-7-9(8)10-2/h4-7H,3H2,1H3. The van der Waals surface area contributed by atoms with Crippen LogP contribution in [0.15, 0.2) is 24.3 Å². The maximum Gasteiger partial charge on any atom is 0.190 e. The highest BCUT2D eigenvalue weighted by Gasteiger charge is 1.95. The summed E-state index contributed by atoms with van der Waals surface area (Å²) in [5, 5.41) is 0. The molecular formula is C9H9N. The maximum absolute atomic E-state index is 6.81. The minimum atomic E-state index is 0.782. The highest BCUT2D eigenvalue weighted by molar-refractivity contribution is 5.51. The zero-order valence-corrected chi connectivity index (χ0v) is 5.96. The van der Waals surface area contributed by atoms with Gasteiger partial charge in [-0.25, -0.2) is 4.85 Å². The highest BCUT2D eigenvalue weighted by Crippen LogP contribution is 2.17. The molecule has 0 atom stereocenters. The molecule has 0 saturated heterocycles. The molecule has 0 radical (unpaired) electrons. The Kier molecular flexibility index (Phi) is 2.07. The second-order valence-electron chi connectivity index (χ2n) is 2.09. The van der Waals surface area contributed by atoms with Gasteiger partial charge in [0.05, 0.1) is 6.57 Å². The Morgan fingerprint density at radius 1 is 1.40 bits per heavy atom. The van der Waals surface area contributed by atoms with Crippen molar-refractivity contribution in [2.45, 2.75) is 13.3 Å². The van der Waals surface area contributed by atoms with Gasteiger partial charge in [0.25, 0.3) is 0 Å². The molecule has 0 aliphatic carbocycles. The summed E-state index contributed by atoms with van der Waals surface area (Å²) in [4.78, 5) is 3.39. The number of hydrogen-bond donors (Lipinski definition) is 0. The van der Waals surface area contributed by atoms with E-state index in [1.54, 1.807) is 0 Å². The number of rotatable bonds is 1. The van der Waals surface area contributed by atoms with Crippen molar-refractivity contribution in [1.29, 1.82) is 0 Å². The van der Waals surface area contributed by atoms with E-state index in [0.717, 1.165) is 17.7 Å². The Labute approximate surface area is 61.1 Å². The Bertz CT molecular complexity index is 258. The molecule has 1 aromatic carbocycles. The molecule has 0 bridgehead atoms. The smallest absolute Gasteiger partial charge is 0.190 e. The molecule has 0 heterocycles. The summed E-state index contributed by atoms with van der Waals surface area (Å²) in [6, 6.07) is 7.71. The van der Waals surface area contributed by atoms with Gasteiger partial charge in [0.1, 0.15) is 0 Å². The fourth-order valence-electron chi connectivity index (χ4n) is 0.919. The minimum Gasteiger partial charge on any atom is -0.238 e. The predicted molar refractivity (Wildman–Crippen MR) is 42.1 cm³/mol. The Hall–Kier alpha value is -1.29. The van der Waals surface area contributed by atoms with Crippen LogP contribution in [0.3, 0.4) is 0 Å². The second-order valence-corrected chi connectivity index (χ2v) is 2.09. The Morgan fingerprint density at radius 3 is 2.60 bits per heavy atom. The topological polar surface area (TPSA) is 4.36 Å². The second kappa shape index (κ2) is 3.03. The number of aryl methyl sites for hydroxylation is 1. The summed E-state index contributed by atoms with van der Waals surface area (Å²) in [6.45, 7) is 8.87. The van der Waals surface area contributed by atoms with Gasteiger partial charge < -0.3 is 0 Å². The average molecular weight is 131 g/mol. The predicted octanol–water partition coefficient (Wildman–Crippen LogP) is 2.80. The van der Waals surface area contributed by atoms with Crippen LogP contribution >= 0.6 is 0 Å². The van der Waals surface area contributed by atoms with Gasteiger partial charge in [0, 0.05) is 0 Å². The molecule has 0 saturated carbocycles. The lowest BCUT2D eigenvalue weighted by atomic mass is 10.1. The quantitative estimate of drug-likeness (QED) is 0.516. The SMILES string of the molecule is [C-]#[N+]c1ccccc1CC. The van der Waals surface area contributed by atoms with E-state index in [1.807, 2.05) is 24.3 Å². The van der Waals surface area contributed by atoms with Crippen LogP contribution in [0.25, 0.3) is 4.85 Å². The first-order valence-electron chi connectivity index (χ1n) is 3.34. The molecule has 0 aliphatic heterocycles. The molecule has 0 aromatic heterocycles. The van der Waals surface area contributed by atoms with Gasteiger partial charge in [0.15, 0.2) is 5.69 Å². The van der Waals surface area contributed by atoms with Gasteiger partial charge in [-0.3, -0.25) is 0 Å². The normalized spacial score (nSPS) is 8.80. The van der Waals surface area contributed by atoms with E-state index in [9.17, 15) is 0 Å². The molecule has 1 rings (SSSR count). The molecule has 0 fully saturated rings. The van der Waals surface area contributed by atoms with Crippen LogP contribution < -0.4 is 0 Å². The summed E-state index contributed by atoms with van der Waals surface area (Å²) >= 11 is 0. The summed E-state index contributed by atoms with van der Waals surface area (Å²) < 4.78 is 0. The van der Waals surface area contributed by atoms with Crippen LogP contribution in [-0.4, -0.2) is 0 Å². The van der Waals surface area contributed by atoms with Gasteiger partial charge in [-0.05, 0) is 12.0 Å². The van der Waals surface area contributed by atoms with Crippen molar-refractivity contribution >= 4 is 5.69 Å². The van der Waals surface area contributed by atoms with Crippen LogP contribution in [0.5, 0.6) is 0 Å². The fourth-order valence-corrected chi connectivity index (χ4v) is 0.919. The van der Waals surface area contributed by atoms with Gasteiger partial charge in [0.2, 0.25) is 0 Å². The third kappa shape index (κ3) is 1.16. The van der Waals surface area contributed by atoms with Crippen LogP contribution in [0.2, 0.25) is 0 Å². The molecule has 0 spiro atoms. The number of nitrogens with zero attached hydrogens (tertiary/aromatic N) is 1. The number of benzene rings is 1. The van der Waals surface area contributed by atoms with E-state index in [4.69, 9.17) is 6.57 Å². The van der Waals surface area contributed by atoms with E-state index >= 15 is 0 Å². The van der Waals surface area contributed by atoms with Crippen LogP contribution in [-0.2, 0) is 6.42 Å². The fraction of sp³-hybridized carbons (Fsp3) is 0.222. The lowest BCUT2D eigenvalue weighted by Gasteiger charge is -1.96. The number of hydrogen-bond acceptors (Lipinski definition) is 0. The molecule has 0 aliphatic rings. The summed E-state index contributed by atoms with van der Waals surface area (Å²) in [5.41, 5.74) is 1.92. The van der Waals surface area contributed by atoms with Crippen molar-refractivity contribution in [3.63, 3.8) is 0 Å². The third-order valence-corrected chi connectivity index (χ3v) is 1.49.